The summed E-state index contributed by atoms with van der Waals surface area (Å²) in [5.41, 5.74) is 1.78. The van der Waals surface area contributed by atoms with Gasteiger partial charge in [0.2, 0.25) is 0 Å². The van der Waals surface area contributed by atoms with Crippen molar-refractivity contribution in [2.45, 2.75) is 32.2 Å². The second-order valence-electron chi connectivity index (χ2n) is 5.83. The Morgan fingerprint density at radius 3 is 2.96 bits per heavy atom. The van der Waals surface area contributed by atoms with Gasteiger partial charge in [-0.2, -0.15) is 0 Å². The fourth-order valence-electron chi connectivity index (χ4n) is 2.97. The fourth-order valence-corrected chi connectivity index (χ4v) is 2.97. The molecule has 2 aromatic heterocycles. The molecule has 2 atom stereocenters. The van der Waals surface area contributed by atoms with Crippen LogP contribution in [0.4, 0.5) is 5.82 Å². The zero-order valence-corrected chi connectivity index (χ0v) is 13.3. The van der Waals surface area contributed by atoms with Crippen molar-refractivity contribution in [2.24, 2.45) is 5.92 Å². The Morgan fingerprint density at radius 1 is 1.35 bits per heavy atom. The molecule has 0 aromatic carbocycles. The molecule has 0 amide bonds. The SMILES string of the molecule is COC(=O)[C@H]1CC[C@@H](Nc2cc(C)nc(-c3cccnc3)n2)C1. The summed E-state index contributed by atoms with van der Waals surface area (Å²) in [5.74, 6) is 1.30. The maximum absolute atomic E-state index is 11.6. The molecule has 1 aliphatic carbocycles. The first-order valence-electron chi connectivity index (χ1n) is 7.76. The molecule has 3 rings (SSSR count). The minimum atomic E-state index is -0.121. The predicted octanol–water partition coefficient (Wildman–Crippen LogP) is 2.60. The number of anilines is 1. The van der Waals surface area contributed by atoms with Gasteiger partial charge in [0, 0.05) is 35.8 Å². The topological polar surface area (TPSA) is 77.0 Å². The lowest BCUT2D eigenvalue weighted by molar-refractivity contribution is -0.145. The molecule has 0 saturated heterocycles. The lowest BCUT2D eigenvalue weighted by Crippen LogP contribution is -2.19. The molecule has 0 bridgehead atoms. The Balaban J connectivity index is 1.74. The molecule has 0 spiro atoms. The van der Waals surface area contributed by atoms with E-state index >= 15 is 0 Å². The molecule has 6 heteroatoms. The maximum Gasteiger partial charge on any atom is 0.308 e. The van der Waals surface area contributed by atoms with E-state index in [-0.39, 0.29) is 17.9 Å². The predicted molar refractivity (Wildman–Crippen MR) is 86.8 cm³/mol. The van der Waals surface area contributed by atoms with Crippen LogP contribution < -0.4 is 5.32 Å². The molecule has 0 aliphatic heterocycles. The van der Waals surface area contributed by atoms with Gasteiger partial charge in [0.05, 0.1) is 13.0 Å². The first-order chi connectivity index (χ1) is 11.2. The van der Waals surface area contributed by atoms with Crippen LogP contribution in [0.1, 0.15) is 25.0 Å². The first kappa shape index (κ1) is 15.4. The molecule has 1 fully saturated rings. The van der Waals surface area contributed by atoms with Crippen molar-refractivity contribution >= 4 is 11.8 Å². The van der Waals surface area contributed by atoms with Crippen LogP contribution >= 0.6 is 0 Å². The highest BCUT2D eigenvalue weighted by atomic mass is 16.5. The number of esters is 1. The Labute approximate surface area is 135 Å². The van der Waals surface area contributed by atoms with Crippen molar-refractivity contribution in [3.05, 3.63) is 36.3 Å². The second-order valence-corrected chi connectivity index (χ2v) is 5.83. The third kappa shape index (κ3) is 3.64. The second kappa shape index (κ2) is 6.73. The van der Waals surface area contributed by atoms with Gasteiger partial charge in [0.25, 0.3) is 0 Å². The number of nitrogens with zero attached hydrogens (tertiary/aromatic N) is 3. The van der Waals surface area contributed by atoms with E-state index in [1.54, 1.807) is 12.4 Å². The third-order valence-corrected chi connectivity index (χ3v) is 4.09. The van der Waals surface area contributed by atoms with Crippen LogP contribution in [-0.2, 0) is 9.53 Å². The number of hydrogen-bond donors (Lipinski definition) is 1. The summed E-state index contributed by atoms with van der Waals surface area (Å²) in [6, 6.07) is 5.96. The number of aromatic nitrogens is 3. The minimum absolute atomic E-state index is 0.0155. The van der Waals surface area contributed by atoms with Crippen LogP contribution in [-0.4, -0.2) is 34.1 Å². The average molecular weight is 312 g/mol. The van der Waals surface area contributed by atoms with Gasteiger partial charge in [-0.05, 0) is 38.3 Å². The average Bonchev–Trinajstić information content (AvgIpc) is 3.03. The van der Waals surface area contributed by atoms with Gasteiger partial charge < -0.3 is 10.1 Å². The Morgan fingerprint density at radius 2 is 2.22 bits per heavy atom. The van der Waals surface area contributed by atoms with Crippen molar-refractivity contribution < 1.29 is 9.53 Å². The third-order valence-electron chi connectivity index (χ3n) is 4.09. The first-order valence-corrected chi connectivity index (χ1v) is 7.76. The molecule has 0 radical (unpaired) electrons. The lowest BCUT2D eigenvalue weighted by Gasteiger charge is -2.14. The van der Waals surface area contributed by atoms with Gasteiger partial charge >= 0.3 is 5.97 Å². The van der Waals surface area contributed by atoms with Crippen LogP contribution in [0.3, 0.4) is 0 Å². The summed E-state index contributed by atoms with van der Waals surface area (Å²) >= 11 is 0. The van der Waals surface area contributed by atoms with E-state index in [2.05, 4.69) is 20.3 Å². The zero-order valence-electron chi connectivity index (χ0n) is 13.3. The molecule has 1 saturated carbocycles. The summed E-state index contributed by atoms with van der Waals surface area (Å²) in [5, 5.41) is 3.42. The van der Waals surface area contributed by atoms with E-state index in [9.17, 15) is 4.79 Å². The summed E-state index contributed by atoms with van der Waals surface area (Å²) in [4.78, 5) is 24.8. The number of hydrogen-bond acceptors (Lipinski definition) is 6. The Hall–Kier alpha value is -2.50. The number of pyridine rings is 1. The smallest absolute Gasteiger partial charge is 0.308 e. The molecule has 1 N–H and O–H groups in total. The summed E-state index contributed by atoms with van der Waals surface area (Å²) in [6.45, 7) is 1.94. The van der Waals surface area contributed by atoms with E-state index in [1.807, 2.05) is 25.1 Å². The molecule has 6 nitrogen and oxygen atoms in total. The molecular weight excluding hydrogens is 292 g/mol. The quantitative estimate of drug-likeness (QED) is 0.874. The Kier molecular flexibility index (Phi) is 4.50. The normalized spacial score (nSPS) is 20.3. The number of rotatable bonds is 4. The molecule has 120 valence electrons. The maximum atomic E-state index is 11.6. The van der Waals surface area contributed by atoms with E-state index < -0.39 is 0 Å². The number of methoxy groups -OCH3 is 1. The van der Waals surface area contributed by atoms with Crippen molar-refractivity contribution in [1.29, 1.82) is 0 Å². The van der Waals surface area contributed by atoms with Crippen molar-refractivity contribution in [3.8, 4) is 11.4 Å². The van der Waals surface area contributed by atoms with E-state index in [0.29, 0.717) is 5.82 Å². The van der Waals surface area contributed by atoms with Crippen molar-refractivity contribution in [3.63, 3.8) is 0 Å². The molecular formula is C17H20N4O2. The largest absolute Gasteiger partial charge is 0.469 e. The summed E-state index contributed by atoms with van der Waals surface area (Å²) in [6.07, 6.45) is 6.04. The molecule has 2 aromatic rings. The van der Waals surface area contributed by atoms with Gasteiger partial charge in [-0.15, -0.1) is 0 Å². The summed E-state index contributed by atoms with van der Waals surface area (Å²) in [7, 11) is 1.44. The highest BCUT2D eigenvalue weighted by Gasteiger charge is 2.30. The van der Waals surface area contributed by atoms with Crippen LogP contribution in [0.5, 0.6) is 0 Å². The van der Waals surface area contributed by atoms with E-state index in [1.165, 1.54) is 7.11 Å². The molecule has 23 heavy (non-hydrogen) atoms. The van der Waals surface area contributed by atoms with Crippen LogP contribution in [0.2, 0.25) is 0 Å². The number of carbonyl (C=O) groups is 1. The highest BCUT2D eigenvalue weighted by molar-refractivity contribution is 5.72. The lowest BCUT2D eigenvalue weighted by atomic mass is 10.1. The van der Waals surface area contributed by atoms with Gasteiger partial charge in [0.15, 0.2) is 5.82 Å². The molecule has 1 aliphatic rings. The van der Waals surface area contributed by atoms with Crippen LogP contribution in [0, 0.1) is 12.8 Å². The highest BCUT2D eigenvalue weighted by Crippen LogP contribution is 2.29. The van der Waals surface area contributed by atoms with Gasteiger partial charge in [-0.3, -0.25) is 9.78 Å². The minimum Gasteiger partial charge on any atom is -0.469 e. The van der Waals surface area contributed by atoms with Gasteiger partial charge in [-0.1, -0.05) is 0 Å². The monoisotopic (exact) mass is 312 g/mol. The van der Waals surface area contributed by atoms with Gasteiger partial charge in [0.1, 0.15) is 5.82 Å². The van der Waals surface area contributed by atoms with Crippen molar-refractivity contribution in [1.82, 2.24) is 15.0 Å². The number of aryl methyl sites for hydroxylation is 1. The fraction of sp³-hybridized carbons (Fsp3) is 0.412. The van der Waals surface area contributed by atoms with E-state index in [0.717, 1.165) is 36.3 Å². The van der Waals surface area contributed by atoms with Crippen LogP contribution in [0.25, 0.3) is 11.4 Å². The standard InChI is InChI=1S/C17H20N4O2/c1-11-8-15(20-14-6-5-12(9-14)17(22)23-2)21-16(19-11)13-4-3-7-18-10-13/h3-4,7-8,10,12,14H,5-6,9H2,1-2H3,(H,19,20,21)/t12-,14+/m0/s1. The number of ether oxygens (including phenoxy) is 1. The number of nitrogens with one attached hydrogen (secondary N) is 1. The number of carbonyl (C=O) groups excluding carboxylic acids is 1. The zero-order chi connectivity index (χ0) is 16.2. The van der Waals surface area contributed by atoms with E-state index in [4.69, 9.17) is 4.74 Å². The van der Waals surface area contributed by atoms with Crippen molar-refractivity contribution in [2.75, 3.05) is 12.4 Å². The molecule has 2 heterocycles. The molecule has 0 unspecified atom stereocenters. The summed E-state index contributed by atoms with van der Waals surface area (Å²) < 4.78 is 4.83. The van der Waals surface area contributed by atoms with Crippen LogP contribution in [0.15, 0.2) is 30.6 Å². The van der Waals surface area contributed by atoms with Gasteiger partial charge in [-0.25, -0.2) is 9.97 Å². The Bertz CT molecular complexity index is 690.